The van der Waals surface area contributed by atoms with Gasteiger partial charge in [0.05, 0.1) is 0 Å². The normalized spacial score (nSPS) is 11.2. The molecule has 1 amide bonds. The number of hydrogen-bond donors (Lipinski definition) is 1. The Hall–Kier alpha value is -3.92. The summed E-state index contributed by atoms with van der Waals surface area (Å²) in [5.41, 5.74) is 3.34. The molecule has 0 saturated carbocycles. The topological polar surface area (TPSA) is 36.1 Å². The number of benzene rings is 4. The minimum Gasteiger partial charge on any atom is -0.361 e. The van der Waals surface area contributed by atoms with Crippen LogP contribution in [-0.4, -0.2) is 22.3 Å². The van der Waals surface area contributed by atoms with Crippen molar-refractivity contribution in [2.24, 2.45) is 0 Å². The number of fused-ring (bicyclic) bond motifs is 2. The summed E-state index contributed by atoms with van der Waals surface area (Å²) in [5, 5.41) is 3.25. The Kier molecular flexibility index (Phi) is 5.42. The zero-order chi connectivity index (χ0) is 21.9. The van der Waals surface area contributed by atoms with E-state index in [1.165, 1.54) is 6.07 Å². The molecule has 4 heteroatoms. The van der Waals surface area contributed by atoms with Gasteiger partial charge in [0.25, 0.3) is 5.91 Å². The highest BCUT2D eigenvalue weighted by atomic mass is 19.1. The summed E-state index contributed by atoms with van der Waals surface area (Å²) in [6, 6.07) is 28.5. The number of carbonyl (C=O) groups is 1. The lowest BCUT2D eigenvalue weighted by Crippen LogP contribution is -2.32. The maximum atomic E-state index is 14.4. The molecule has 3 nitrogen and oxygen atoms in total. The van der Waals surface area contributed by atoms with Gasteiger partial charge < -0.3 is 9.88 Å². The number of para-hydroxylation sites is 1. The van der Waals surface area contributed by atoms with Crippen molar-refractivity contribution >= 4 is 27.6 Å². The van der Waals surface area contributed by atoms with E-state index in [-0.39, 0.29) is 18.3 Å². The number of hydrogen-bond acceptors (Lipinski definition) is 1. The Morgan fingerprint density at radius 3 is 2.44 bits per heavy atom. The third-order valence-electron chi connectivity index (χ3n) is 5.93. The fourth-order valence-corrected chi connectivity index (χ4v) is 4.18. The molecule has 1 aromatic heterocycles. The van der Waals surface area contributed by atoms with Gasteiger partial charge in [-0.25, -0.2) is 4.39 Å². The van der Waals surface area contributed by atoms with Crippen LogP contribution < -0.4 is 0 Å². The van der Waals surface area contributed by atoms with E-state index >= 15 is 0 Å². The van der Waals surface area contributed by atoms with Crippen LogP contribution in [0.2, 0.25) is 0 Å². The average molecular weight is 423 g/mol. The Balaban J connectivity index is 1.45. The van der Waals surface area contributed by atoms with Gasteiger partial charge in [0.1, 0.15) is 5.82 Å². The molecule has 0 aliphatic rings. The van der Waals surface area contributed by atoms with Crippen LogP contribution in [0.3, 0.4) is 0 Å². The Bertz CT molecular complexity index is 1410. The number of aromatic amines is 1. The summed E-state index contributed by atoms with van der Waals surface area (Å²) >= 11 is 0. The van der Waals surface area contributed by atoms with Gasteiger partial charge in [-0.2, -0.15) is 0 Å². The number of nitrogens with zero attached hydrogens (tertiary/aromatic N) is 1. The molecule has 1 N–H and O–H groups in total. The molecule has 0 aliphatic heterocycles. The van der Waals surface area contributed by atoms with E-state index in [1.807, 2.05) is 66.9 Å². The lowest BCUT2D eigenvalue weighted by Gasteiger charge is -2.23. The van der Waals surface area contributed by atoms with Crippen LogP contribution in [0.4, 0.5) is 4.39 Å². The summed E-state index contributed by atoms with van der Waals surface area (Å²) in [5.74, 6) is -0.394. The first-order valence-electron chi connectivity index (χ1n) is 10.8. The Morgan fingerprint density at radius 2 is 1.56 bits per heavy atom. The fraction of sp³-hybridized carbons (Fsp3) is 0.107. The summed E-state index contributed by atoms with van der Waals surface area (Å²) in [7, 11) is 0. The number of H-pyrrole nitrogens is 1. The van der Waals surface area contributed by atoms with Gasteiger partial charge in [-0.3, -0.25) is 4.79 Å². The van der Waals surface area contributed by atoms with Crippen molar-refractivity contribution in [2.75, 3.05) is 6.54 Å². The minimum absolute atomic E-state index is 0.0983. The van der Waals surface area contributed by atoms with Crippen molar-refractivity contribution in [1.29, 1.82) is 0 Å². The Labute approximate surface area is 186 Å². The molecule has 0 saturated heterocycles. The summed E-state index contributed by atoms with van der Waals surface area (Å²) in [4.78, 5) is 18.6. The Morgan fingerprint density at radius 1 is 0.812 bits per heavy atom. The van der Waals surface area contributed by atoms with E-state index in [4.69, 9.17) is 0 Å². The van der Waals surface area contributed by atoms with Gasteiger partial charge >= 0.3 is 0 Å². The van der Waals surface area contributed by atoms with E-state index in [0.717, 1.165) is 27.2 Å². The van der Waals surface area contributed by atoms with Crippen LogP contribution in [0.1, 0.15) is 21.5 Å². The van der Waals surface area contributed by atoms with E-state index in [0.29, 0.717) is 24.1 Å². The quantitative estimate of drug-likeness (QED) is 0.340. The van der Waals surface area contributed by atoms with Crippen LogP contribution in [0.25, 0.3) is 21.7 Å². The molecule has 0 bridgehead atoms. The minimum atomic E-state index is -0.295. The van der Waals surface area contributed by atoms with Crippen molar-refractivity contribution in [3.63, 3.8) is 0 Å². The van der Waals surface area contributed by atoms with Gasteiger partial charge in [-0.15, -0.1) is 0 Å². The first-order chi connectivity index (χ1) is 15.7. The lowest BCUT2D eigenvalue weighted by atomic mass is 10.1. The van der Waals surface area contributed by atoms with Crippen LogP contribution in [0.5, 0.6) is 0 Å². The first-order valence-corrected chi connectivity index (χ1v) is 10.8. The number of halogens is 1. The van der Waals surface area contributed by atoms with Gasteiger partial charge in [-0.05, 0) is 47.0 Å². The van der Waals surface area contributed by atoms with Crippen LogP contribution in [-0.2, 0) is 13.0 Å². The number of rotatable bonds is 6. The van der Waals surface area contributed by atoms with E-state index in [9.17, 15) is 9.18 Å². The summed E-state index contributed by atoms with van der Waals surface area (Å²) < 4.78 is 14.4. The molecule has 158 valence electrons. The number of aromatic nitrogens is 1. The van der Waals surface area contributed by atoms with Crippen molar-refractivity contribution in [2.45, 2.75) is 13.0 Å². The number of nitrogens with one attached hydrogen (secondary N) is 1. The highest BCUT2D eigenvalue weighted by Gasteiger charge is 2.19. The van der Waals surface area contributed by atoms with E-state index in [2.05, 4.69) is 11.1 Å². The molecule has 5 aromatic rings. The number of carbonyl (C=O) groups excluding carboxylic acids is 1. The van der Waals surface area contributed by atoms with Crippen molar-refractivity contribution in [1.82, 2.24) is 9.88 Å². The highest BCUT2D eigenvalue weighted by molar-refractivity contribution is 5.98. The predicted molar refractivity (Wildman–Crippen MR) is 127 cm³/mol. The zero-order valence-electron chi connectivity index (χ0n) is 17.6. The second-order valence-electron chi connectivity index (χ2n) is 7.99. The van der Waals surface area contributed by atoms with E-state index < -0.39 is 0 Å². The molecule has 1 heterocycles. The molecule has 0 aliphatic carbocycles. The molecule has 0 atom stereocenters. The van der Waals surface area contributed by atoms with Gasteiger partial charge in [-0.1, -0.05) is 66.7 Å². The highest BCUT2D eigenvalue weighted by Crippen LogP contribution is 2.21. The fourth-order valence-electron chi connectivity index (χ4n) is 4.18. The molecule has 4 aromatic carbocycles. The largest absolute Gasteiger partial charge is 0.361 e. The van der Waals surface area contributed by atoms with Crippen LogP contribution in [0, 0.1) is 5.82 Å². The molecule has 0 radical (unpaired) electrons. The molecule has 0 spiro atoms. The average Bonchev–Trinajstić information content (AvgIpc) is 3.25. The van der Waals surface area contributed by atoms with Gasteiger partial charge in [0, 0.05) is 41.3 Å². The second-order valence-corrected chi connectivity index (χ2v) is 7.99. The van der Waals surface area contributed by atoms with Crippen LogP contribution >= 0.6 is 0 Å². The van der Waals surface area contributed by atoms with Gasteiger partial charge in [0.15, 0.2) is 0 Å². The smallest absolute Gasteiger partial charge is 0.254 e. The maximum Gasteiger partial charge on any atom is 0.254 e. The lowest BCUT2D eigenvalue weighted by molar-refractivity contribution is 0.0744. The molecular formula is C28H23FN2O. The standard InChI is InChI=1S/C28H23FN2O/c29-26-11-5-3-9-24(26)19-31(16-15-23-18-30-27-12-6-4-10-25(23)27)28(32)22-14-13-20-7-1-2-8-21(20)17-22/h1-14,17-18,30H,15-16,19H2. The SMILES string of the molecule is O=C(c1ccc2ccccc2c1)N(CCc1c[nH]c2ccccc12)Cc1ccccc1F. The third-order valence-corrected chi connectivity index (χ3v) is 5.93. The molecule has 32 heavy (non-hydrogen) atoms. The molecular weight excluding hydrogens is 399 g/mol. The second kappa shape index (κ2) is 8.67. The summed E-state index contributed by atoms with van der Waals surface area (Å²) in [6.45, 7) is 0.711. The molecule has 5 rings (SSSR count). The monoisotopic (exact) mass is 422 g/mol. The van der Waals surface area contributed by atoms with E-state index in [1.54, 1.807) is 23.1 Å². The van der Waals surface area contributed by atoms with Gasteiger partial charge in [0.2, 0.25) is 0 Å². The predicted octanol–water partition coefficient (Wildman–Crippen LogP) is 6.35. The van der Waals surface area contributed by atoms with Crippen molar-refractivity contribution < 1.29 is 9.18 Å². The van der Waals surface area contributed by atoms with Crippen molar-refractivity contribution in [3.05, 3.63) is 120 Å². The molecule has 0 fully saturated rings. The molecule has 0 unspecified atom stereocenters. The summed E-state index contributed by atoms with van der Waals surface area (Å²) in [6.07, 6.45) is 2.67. The van der Waals surface area contributed by atoms with Crippen molar-refractivity contribution in [3.8, 4) is 0 Å². The zero-order valence-corrected chi connectivity index (χ0v) is 17.6. The first kappa shape index (κ1) is 20.0. The van der Waals surface area contributed by atoms with Crippen LogP contribution in [0.15, 0.2) is 97.2 Å². The maximum absolute atomic E-state index is 14.4. The number of amides is 1. The third kappa shape index (κ3) is 4.00.